The summed E-state index contributed by atoms with van der Waals surface area (Å²) in [5, 5.41) is 5.73. The number of benzene rings is 2. The van der Waals surface area contributed by atoms with E-state index in [9.17, 15) is 9.59 Å². The molecule has 0 aromatic heterocycles. The third-order valence-electron chi connectivity index (χ3n) is 13.3. The SMILES string of the molecule is CCCCCCCCCCCCCC(=O)N[C@@H](CO[Si](c1ccccc1)(c1ccccc1)C(C)(C)C)CN(CC[C@@H](CCCCCCC)OC(=O)CCCCCCCCCCC)COC. The van der Waals surface area contributed by atoms with E-state index in [1.54, 1.807) is 7.11 Å². The maximum Gasteiger partial charge on any atom is 0.306 e. The molecule has 7 nitrogen and oxygen atoms in total. The van der Waals surface area contributed by atoms with Gasteiger partial charge in [0.05, 0.1) is 19.4 Å². The largest absolute Gasteiger partial charge is 0.462 e. The fourth-order valence-corrected chi connectivity index (χ4v) is 14.1. The molecular formula is C57H100N2O5Si. The number of hydrogen-bond donors (Lipinski definition) is 1. The fourth-order valence-electron chi connectivity index (χ4n) is 9.47. The smallest absolute Gasteiger partial charge is 0.306 e. The number of unbranched alkanes of at least 4 members (excludes halogenated alkanes) is 22. The van der Waals surface area contributed by atoms with Crippen molar-refractivity contribution in [3.63, 3.8) is 0 Å². The molecule has 0 aliphatic carbocycles. The van der Waals surface area contributed by atoms with Crippen LogP contribution in [0, 0.1) is 0 Å². The topological polar surface area (TPSA) is 77.1 Å². The molecule has 0 fully saturated rings. The van der Waals surface area contributed by atoms with Gasteiger partial charge in [-0.05, 0) is 47.5 Å². The molecule has 0 unspecified atom stereocenters. The lowest BCUT2D eigenvalue weighted by Gasteiger charge is -2.44. The fraction of sp³-hybridized carbons (Fsp3) is 0.754. The van der Waals surface area contributed by atoms with Crippen LogP contribution in [0.1, 0.15) is 228 Å². The lowest BCUT2D eigenvalue weighted by Crippen LogP contribution is -2.67. The molecule has 0 spiro atoms. The Hall–Kier alpha value is -2.52. The summed E-state index contributed by atoms with van der Waals surface area (Å²) in [5.41, 5.74) is 0. The highest BCUT2D eigenvalue weighted by atomic mass is 28.4. The van der Waals surface area contributed by atoms with Gasteiger partial charge in [0.2, 0.25) is 5.91 Å². The Morgan fingerprint density at radius 3 is 1.46 bits per heavy atom. The molecule has 2 aromatic carbocycles. The van der Waals surface area contributed by atoms with Crippen molar-refractivity contribution in [3.8, 4) is 0 Å². The Bertz CT molecular complexity index is 1380. The lowest BCUT2D eigenvalue weighted by atomic mass is 10.0. The number of nitrogens with one attached hydrogen (secondary N) is 1. The monoisotopic (exact) mass is 921 g/mol. The second-order valence-electron chi connectivity index (χ2n) is 20.2. The molecule has 0 heterocycles. The summed E-state index contributed by atoms with van der Waals surface area (Å²) in [6, 6.07) is 21.3. The zero-order valence-corrected chi connectivity index (χ0v) is 44.3. The molecule has 1 amide bonds. The minimum Gasteiger partial charge on any atom is -0.462 e. The highest BCUT2D eigenvalue weighted by molar-refractivity contribution is 6.99. The molecule has 1 N–H and O–H groups in total. The number of rotatable bonds is 42. The van der Waals surface area contributed by atoms with Crippen LogP contribution >= 0.6 is 0 Å². The zero-order valence-electron chi connectivity index (χ0n) is 43.3. The predicted molar refractivity (Wildman–Crippen MR) is 280 cm³/mol. The van der Waals surface area contributed by atoms with Crippen molar-refractivity contribution in [2.24, 2.45) is 0 Å². The first-order valence-corrected chi connectivity index (χ1v) is 29.0. The van der Waals surface area contributed by atoms with Crippen molar-refractivity contribution in [2.75, 3.05) is 33.5 Å². The first kappa shape index (κ1) is 58.6. The first-order chi connectivity index (χ1) is 31.6. The molecule has 0 aliphatic heterocycles. The maximum absolute atomic E-state index is 13.8. The summed E-state index contributed by atoms with van der Waals surface area (Å²) in [6.07, 6.45) is 33.2. The van der Waals surface area contributed by atoms with Crippen LogP contribution in [0.4, 0.5) is 0 Å². The Labute approximate surface area is 401 Å². The minimum atomic E-state index is -2.85. The van der Waals surface area contributed by atoms with E-state index in [0.29, 0.717) is 39.3 Å². The summed E-state index contributed by atoms with van der Waals surface area (Å²) in [4.78, 5) is 29.4. The van der Waals surface area contributed by atoms with E-state index in [0.717, 1.165) is 51.4 Å². The maximum atomic E-state index is 13.8. The Balaban J connectivity index is 2.20. The van der Waals surface area contributed by atoms with Gasteiger partial charge in [-0.25, -0.2) is 0 Å². The van der Waals surface area contributed by atoms with E-state index in [4.69, 9.17) is 13.9 Å². The molecule has 0 saturated heterocycles. The molecule has 0 radical (unpaired) electrons. The normalized spacial score (nSPS) is 13.0. The Morgan fingerprint density at radius 1 is 0.585 bits per heavy atom. The Kier molecular flexibility index (Phi) is 33.8. The number of esters is 1. The molecule has 65 heavy (non-hydrogen) atoms. The van der Waals surface area contributed by atoms with Gasteiger partial charge in [0, 0.05) is 33.0 Å². The summed E-state index contributed by atoms with van der Waals surface area (Å²) < 4.78 is 19.5. The summed E-state index contributed by atoms with van der Waals surface area (Å²) >= 11 is 0. The number of amides is 1. The summed E-state index contributed by atoms with van der Waals surface area (Å²) in [7, 11) is -1.12. The number of ether oxygens (including phenoxy) is 2. The van der Waals surface area contributed by atoms with Gasteiger partial charge in [-0.3, -0.25) is 14.5 Å². The van der Waals surface area contributed by atoms with Crippen LogP contribution in [-0.2, 0) is 23.5 Å². The lowest BCUT2D eigenvalue weighted by molar-refractivity contribution is -0.150. The number of nitrogens with zero attached hydrogens (tertiary/aromatic N) is 1. The summed E-state index contributed by atoms with van der Waals surface area (Å²) in [5.74, 6) is 0.0285. The van der Waals surface area contributed by atoms with E-state index < -0.39 is 8.32 Å². The van der Waals surface area contributed by atoms with Crippen LogP contribution in [-0.4, -0.2) is 70.8 Å². The molecule has 8 heteroatoms. The molecule has 372 valence electrons. The second kappa shape index (κ2) is 37.5. The molecule has 0 bridgehead atoms. The van der Waals surface area contributed by atoms with Crippen molar-refractivity contribution >= 4 is 30.6 Å². The minimum absolute atomic E-state index is 0.0592. The van der Waals surface area contributed by atoms with Crippen LogP contribution in [0.15, 0.2) is 60.7 Å². The van der Waals surface area contributed by atoms with Crippen molar-refractivity contribution < 1.29 is 23.5 Å². The molecule has 2 aromatic rings. The average Bonchev–Trinajstić information content (AvgIpc) is 3.29. The highest BCUT2D eigenvalue weighted by Gasteiger charge is 2.50. The molecule has 0 saturated carbocycles. The van der Waals surface area contributed by atoms with E-state index in [1.165, 1.54) is 132 Å². The standard InChI is InChI=1S/C57H100N2O5Si/c1-8-11-14-17-19-21-22-24-25-28-37-44-55(60)58-51(49-63-65(57(4,5)6,53-40-33-30-34-41-53)54-42-35-31-36-43-54)48-59(50-62-7)47-46-52(39-32-27-16-13-10-3)64-56(61)45-38-29-26-23-20-18-15-12-9-2/h30-31,33-36,40-43,51-52H,8-29,32,37-39,44-50H2,1-7H3,(H,58,60)/t51-,52-/m1/s1. The Morgan fingerprint density at radius 2 is 1.02 bits per heavy atom. The van der Waals surface area contributed by atoms with Gasteiger partial charge in [-0.1, -0.05) is 243 Å². The molecular weight excluding hydrogens is 821 g/mol. The van der Waals surface area contributed by atoms with Crippen LogP contribution in [0.2, 0.25) is 5.04 Å². The number of hydrogen-bond acceptors (Lipinski definition) is 6. The van der Waals surface area contributed by atoms with E-state index in [2.05, 4.69) is 112 Å². The van der Waals surface area contributed by atoms with Crippen molar-refractivity contribution in [3.05, 3.63) is 60.7 Å². The van der Waals surface area contributed by atoms with Crippen molar-refractivity contribution in [2.45, 2.75) is 245 Å². The number of carbonyl (C=O) groups excluding carboxylic acids is 2. The molecule has 2 rings (SSSR count). The van der Waals surface area contributed by atoms with Crippen LogP contribution < -0.4 is 15.7 Å². The van der Waals surface area contributed by atoms with Gasteiger partial charge in [-0.15, -0.1) is 0 Å². The van der Waals surface area contributed by atoms with Gasteiger partial charge in [0.25, 0.3) is 8.32 Å². The van der Waals surface area contributed by atoms with Crippen LogP contribution in [0.3, 0.4) is 0 Å². The third kappa shape index (κ3) is 26.0. The first-order valence-electron chi connectivity index (χ1n) is 27.1. The second-order valence-corrected chi connectivity index (χ2v) is 24.5. The number of carbonyl (C=O) groups is 2. The number of methoxy groups -OCH3 is 1. The van der Waals surface area contributed by atoms with Crippen LogP contribution in [0.5, 0.6) is 0 Å². The van der Waals surface area contributed by atoms with E-state index >= 15 is 0 Å². The highest BCUT2D eigenvalue weighted by Crippen LogP contribution is 2.37. The van der Waals surface area contributed by atoms with Gasteiger partial charge in [0.1, 0.15) is 6.10 Å². The zero-order chi connectivity index (χ0) is 47.3. The average molecular weight is 922 g/mol. The third-order valence-corrected chi connectivity index (χ3v) is 18.3. The predicted octanol–water partition coefficient (Wildman–Crippen LogP) is 14.2. The van der Waals surface area contributed by atoms with Gasteiger partial charge in [0.15, 0.2) is 0 Å². The molecule has 0 aliphatic rings. The van der Waals surface area contributed by atoms with Gasteiger partial charge < -0.3 is 19.2 Å². The molecule has 2 atom stereocenters. The van der Waals surface area contributed by atoms with Gasteiger partial charge in [-0.2, -0.15) is 0 Å². The van der Waals surface area contributed by atoms with Crippen molar-refractivity contribution in [1.82, 2.24) is 10.2 Å². The summed E-state index contributed by atoms with van der Waals surface area (Å²) in [6.45, 7) is 15.8. The van der Waals surface area contributed by atoms with E-state index in [1.807, 2.05) is 0 Å². The van der Waals surface area contributed by atoms with E-state index in [-0.39, 0.29) is 29.1 Å². The van der Waals surface area contributed by atoms with Gasteiger partial charge >= 0.3 is 5.97 Å². The van der Waals surface area contributed by atoms with Crippen LogP contribution in [0.25, 0.3) is 0 Å². The van der Waals surface area contributed by atoms with Crippen molar-refractivity contribution in [1.29, 1.82) is 0 Å². The quantitative estimate of drug-likeness (QED) is 0.0309.